The lowest BCUT2D eigenvalue weighted by Gasteiger charge is -2.04. The molecule has 0 radical (unpaired) electrons. The van der Waals surface area contributed by atoms with E-state index >= 15 is 0 Å². The Morgan fingerprint density at radius 1 is 1.11 bits per heavy atom. The molecule has 4 nitrogen and oxygen atoms in total. The highest BCUT2D eigenvalue weighted by molar-refractivity contribution is 6.06. The summed E-state index contributed by atoms with van der Waals surface area (Å²) >= 11 is 0. The number of carboxylic acid groups (broad SMARTS) is 1. The minimum absolute atomic E-state index is 0.0946. The van der Waals surface area contributed by atoms with Crippen molar-refractivity contribution in [1.29, 1.82) is 0 Å². The van der Waals surface area contributed by atoms with Crippen molar-refractivity contribution in [2.75, 3.05) is 0 Å². The van der Waals surface area contributed by atoms with Gasteiger partial charge in [-0.2, -0.15) is 0 Å². The number of aromatic nitrogens is 1. The molecule has 2 N–H and O–H groups in total. The van der Waals surface area contributed by atoms with E-state index < -0.39 is 5.97 Å². The van der Waals surface area contributed by atoms with Gasteiger partial charge in [-0.3, -0.25) is 4.79 Å². The van der Waals surface area contributed by atoms with E-state index in [4.69, 9.17) is 5.11 Å². The second kappa shape index (κ2) is 3.70. The van der Waals surface area contributed by atoms with Crippen molar-refractivity contribution in [1.82, 2.24) is 4.98 Å². The largest absolute Gasteiger partial charge is 0.477 e. The van der Waals surface area contributed by atoms with Crippen molar-refractivity contribution in [2.24, 2.45) is 0 Å². The lowest BCUT2D eigenvalue weighted by atomic mass is 10.0. The molecule has 0 saturated carbocycles. The molecule has 0 fully saturated rings. The summed E-state index contributed by atoms with van der Waals surface area (Å²) < 4.78 is 0. The van der Waals surface area contributed by atoms with Gasteiger partial charge in [0.15, 0.2) is 5.43 Å². The van der Waals surface area contributed by atoms with Crippen LogP contribution in [-0.2, 0) is 0 Å². The minimum Gasteiger partial charge on any atom is -0.477 e. The first-order valence-electron chi connectivity index (χ1n) is 5.45. The normalized spacial score (nSPS) is 10.9. The van der Waals surface area contributed by atoms with Crippen LogP contribution in [0.4, 0.5) is 0 Å². The molecule has 2 aromatic carbocycles. The number of carbonyl (C=O) groups is 1. The van der Waals surface area contributed by atoms with Gasteiger partial charge in [0.2, 0.25) is 0 Å². The average molecular weight is 239 g/mol. The zero-order valence-corrected chi connectivity index (χ0v) is 9.31. The Balaban J connectivity index is 2.53. The number of nitrogens with one attached hydrogen (secondary N) is 1. The van der Waals surface area contributed by atoms with Crippen LogP contribution in [0.2, 0.25) is 0 Å². The lowest BCUT2D eigenvalue weighted by Crippen LogP contribution is -2.09. The molecule has 1 aromatic heterocycles. The van der Waals surface area contributed by atoms with Crippen LogP contribution in [0.15, 0.2) is 47.3 Å². The Labute approximate surface area is 101 Å². The third-order valence-corrected chi connectivity index (χ3v) is 2.95. The Morgan fingerprint density at radius 3 is 2.67 bits per heavy atom. The lowest BCUT2D eigenvalue weighted by molar-refractivity contribution is 0.0691. The molecule has 0 saturated heterocycles. The SMILES string of the molecule is O=C(O)c1cc(=O)c2c(ccc3ccccc32)[nH]1. The van der Waals surface area contributed by atoms with E-state index in [1.54, 1.807) is 6.07 Å². The molecule has 0 aliphatic carbocycles. The Morgan fingerprint density at radius 2 is 1.89 bits per heavy atom. The molecule has 0 spiro atoms. The van der Waals surface area contributed by atoms with Gasteiger partial charge < -0.3 is 10.1 Å². The molecule has 0 aliphatic rings. The maximum atomic E-state index is 12.0. The number of hydrogen-bond donors (Lipinski definition) is 2. The van der Waals surface area contributed by atoms with Crippen molar-refractivity contribution in [3.05, 3.63) is 58.4 Å². The summed E-state index contributed by atoms with van der Waals surface area (Å²) in [5.74, 6) is -1.14. The number of carboxylic acids is 1. The quantitative estimate of drug-likeness (QED) is 0.640. The van der Waals surface area contributed by atoms with Gasteiger partial charge in [-0.1, -0.05) is 30.3 Å². The van der Waals surface area contributed by atoms with Crippen LogP contribution < -0.4 is 5.43 Å². The maximum absolute atomic E-state index is 12.0. The zero-order chi connectivity index (χ0) is 12.7. The first kappa shape index (κ1) is 10.5. The van der Waals surface area contributed by atoms with Crippen molar-refractivity contribution < 1.29 is 9.90 Å². The number of benzene rings is 2. The van der Waals surface area contributed by atoms with E-state index in [1.165, 1.54) is 0 Å². The topological polar surface area (TPSA) is 70.2 Å². The van der Waals surface area contributed by atoms with Gasteiger partial charge in [-0.15, -0.1) is 0 Å². The van der Waals surface area contributed by atoms with Gasteiger partial charge in [0.05, 0.1) is 10.9 Å². The molecule has 18 heavy (non-hydrogen) atoms. The van der Waals surface area contributed by atoms with Gasteiger partial charge in [-0.05, 0) is 16.8 Å². The summed E-state index contributed by atoms with van der Waals surface area (Å²) in [5, 5.41) is 11.2. The Bertz CT molecular complexity index is 833. The van der Waals surface area contributed by atoms with Crippen molar-refractivity contribution >= 4 is 27.6 Å². The number of aromatic amines is 1. The number of aromatic carboxylic acids is 1. The van der Waals surface area contributed by atoms with E-state index in [0.29, 0.717) is 10.9 Å². The predicted octanol–water partition coefficient (Wildman–Crippen LogP) is 2.38. The Hall–Kier alpha value is -2.62. The van der Waals surface area contributed by atoms with Crippen LogP contribution in [0.5, 0.6) is 0 Å². The highest BCUT2D eigenvalue weighted by Crippen LogP contribution is 2.21. The summed E-state index contributed by atoms with van der Waals surface area (Å²) in [7, 11) is 0. The van der Waals surface area contributed by atoms with Gasteiger partial charge in [0.1, 0.15) is 5.69 Å². The third-order valence-electron chi connectivity index (χ3n) is 2.95. The fourth-order valence-electron chi connectivity index (χ4n) is 2.14. The summed E-state index contributed by atoms with van der Waals surface area (Å²) in [6, 6.07) is 12.2. The van der Waals surface area contributed by atoms with Crippen LogP contribution in [0.1, 0.15) is 10.5 Å². The van der Waals surface area contributed by atoms with E-state index in [9.17, 15) is 9.59 Å². The average Bonchev–Trinajstić information content (AvgIpc) is 2.37. The van der Waals surface area contributed by atoms with Crippen LogP contribution in [0.25, 0.3) is 21.7 Å². The van der Waals surface area contributed by atoms with Crippen LogP contribution >= 0.6 is 0 Å². The Kier molecular flexibility index (Phi) is 2.16. The molecule has 3 aromatic rings. The van der Waals surface area contributed by atoms with Gasteiger partial charge in [0.25, 0.3) is 0 Å². The monoisotopic (exact) mass is 239 g/mol. The van der Waals surface area contributed by atoms with Crippen molar-refractivity contribution in [3.63, 3.8) is 0 Å². The third kappa shape index (κ3) is 1.47. The molecule has 1 heterocycles. The van der Waals surface area contributed by atoms with E-state index in [-0.39, 0.29) is 11.1 Å². The fourth-order valence-corrected chi connectivity index (χ4v) is 2.14. The standard InChI is InChI=1S/C14H9NO3/c16-12-7-11(14(17)18)15-10-6-5-8-3-1-2-4-9(8)13(10)12/h1-7H,(H,15,16)(H,17,18). The maximum Gasteiger partial charge on any atom is 0.352 e. The van der Waals surface area contributed by atoms with E-state index in [2.05, 4.69) is 4.98 Å². The number of H-pyrrole nitrogens is 1. The molecule has 0 atom stereocenters. The summed E-state index contributed by atoms with van der Waals surface area (Å²) in [6.07, 6.45) is 0. The van der Waals surface area contributed by atoms with Crippen molar-refractivity contribution in [2.45, 2.75) is 0 Å². The highest BCUT2D eigenvalue weighted by Gasteiger charge is 2.09. The highest BCUT2D eigenvalue weighted by atomic mass is 16.4. The number of rotatable bonds is 1. The minimum atomic E-state index is -1.14. The molecule has 0 unspecified atom stereocenters. The molecule has 0 amide bonds. The summed E-state index contributed by atoms with van der Waals surface area (Å²) in [4.78, 5) is 25.7. The first-order valence-corrected chi connectivity index (χ1v) is 5.45. The molecule has 0 bridgehead atoms. The van der Waals surface area contributed by atoms with E-state index in [0.717, 1.165) is 16.8 Å². The second-order valence-corrected chi connectivity index (χ2v) is 4.06. The second-order valence-electron chi connectivity index (χ2n) is 4.06. The molecule has 88 valence electrons. The van der Waals surface area contributed by atoms with Crippen LogP contribution in [-0.4, -0.2) is 16.1 Å². The molecule has 4 heteroatoms. The summed E-state index contributed by atoms with van der Waals surface area (Å²) in [6.45, 7) is 0. The van der Waals surface area contributed by atoms with Gasteiger partial charge in [0, 0.05) is 6.07 Å². The fraction of sp³-hybridized carbons (Fsp3) is 0. The number of fused-ring (bicyclic) bond motifs is 3. The van der Waals surface area contributed by atoms with E-state index in [1.807, 2.05) is 30.3 Å². The predicted molar refractivity (Wildman–Crippen MR) is 69.0 cm³/mol. The molecular weight excluding hydrogens is 230 g/mol. The number of hydrogen-bond acceptors (Lipinski definition) is 2. The van der Waals surface area contributed by atoms with Crippen LogP contribution in [0.3, 0.4) is 0 Å². The van der Waals surface area contributed by atoms with Crippen molar-refractivity contribution in [3.8, 4) is 0 Å². The number of pyridine rings is 1. The molecule has 0 aliphatic heterocycles. The van der Waals surface area contributed by atoms with Gasteiger partial charge >= 0.3 is 5.97 Å². The van der Waals surface area contributed by atoms with Crippen LogP contribution in [0, 0.1) is 0 Å². The van der Waals surface area contributed by atoms with Gasteiger partial charge in [-0.25, -0.2) is 4.79 Å². The zero-order valence-electron chi connectivity index (χ0n) is 9.31. The first-order chi connectivity index (χ1) is 8.66. The molecular formula is C14H9NO3. The molecule has 3 rings (SSSR count). The summed E-state index contributed by atoms with van der Waals surface area (Å²) in [5.41, 5.74) is 0.166. The smallest absolute Gasteiger partial charge is 0.352 e.